The number of methoxy groups -OCH3 is 3. The van der Waals surface area contributed by atoms with Gasteiger partial charge in [-0.2, -0.15) is 0 Å². The fourth-order valence-electron chi connectivity index (χ4n) is 2.27. The minimum atomic E-state index is -0.138. The van der Waals surface area contributed by atoms with Gasteiger partial charge in [0.1, 0.15) is 5.75 Å². The first-order chi connectivity index (χ1) is 12.0. The second-order valence-electron chi connectivity index (χ2n) is 5.22. The number of benzene rings is 2. The summed E-state index contributed by atoms with van der Waals surface area (Å²) >= 11 is 3.38. The maximum absolute atomic E-state index is 12.1. The van der Waals surface area contributed by atoms with E-state index < -0.39 is 0 Å². The standard InChI is InChI=1S/C18H21BrN2O4/c1-23-15-8-13(19)7-14(9-15)21-18(22)11-20-10-12-4-5-16(24-2)17(6-12)25-3/h4-9,20H,10-11H2,1-3H3,(H,21,22). The third kappa shape index (κ3) is 5.65. The molecule has 6 nitrogen and oxygen atoms in total. The highest BCUT2D eigenvalue weighted by Gasteiger charge is 2.07. The van der Waals surface area contributed by atoms with Crippen LogP contribution < -0.4 is 24.8 Å². The molecule has 25 heavy (non-hydrogen) atoms. The van der Waals surface area contributed by atoms with E-state index in [4.69, 9.17) is 14.2 Å². The maximum Gasteiger partial charge on any atom is 0.238 e. The number of hydrogen-bond acceptors (Lipinski definition) is 5. The zero-order chi connectivity index (χ0) is 18.2. The van der Waals surface area contributed by atoms with Crippen molar-refractivity contribution in [1.29, 1.82) is 0 Å². The highest BCUT2D eigenvalue weighted by molar-refractivity contribution is 9.10. The van der Waals surface area contributed by atoms with Gasteiger partial charge in [0.15, 0.2) is 11.5 Å². The number of carbonyl (C=O) groups is 1. The number of hydrogen-bond donors (Lipinski definition) is 2. The molecule has 0 saturated heterocycles. The molecule has 0 saturated carbocycles. The van der Waals surface area contributed by atoms with Crippen molar-refractivity contribution in [3.63, 3.8) is 0 Å². The van der Waals surface area contributed by atoms with E-state index in [1.807, 2.05) is 30.3 Å². The Bertz CT molecular complexity index is 737. The molecule has 134 valence electrons. The molecular weight excluding hydrogens is 388 g/mol. The van der Waals surface area contributed by atoms with Gasteiger partial charge in [-0.25, -0.2) is 0 Å². The van der Waals surface area contributed by atoms with Crippen molar-refractivity contribution in [3.05, 3.63) is 46.4 Å². The molecule has 0 spiro atoms. The second kappa shape index (κ2) is 9.29. The number of amides is 1. The molecule has 2 aromatic carbocycles. The van der Waals surface area contributed by atoms with Crippen molar-refractivity contribution in [2.24, 2.45) is 0 Å². The lowest BCUT2D eigenvalue weighted by molar-refractivity contribution is -0.115. The summed E-state index contributed by atoms with van der Waals surface area (Å²) in [7, 11) is 4.77. The molecule has 0 aliphatic heterocycles. The Kier molecular flexibility index (Phi) is 7.09. The molecule has 0 aliphatic rings. The summed E-state index contributed by atoms with van der Waals surface area (Å²) in [5.41, 5.74) is 1.67. The number of rotatable bonds is 8. The maximum atomic E-state index is 12.1. The Morgan fingerprint density at radius 2 is 1.76 bits per heavy atom. The Morgan fingerprint density at radius 1 is 1.00 bits per heavy atom. The van der Waals surface area contributed by atoms with E-state index in [2.05, 4.69) is 26.6 Å². The van der Waals surface area contributed by atoms with Gasteiger partial charge in [-0.05, 0) is 29.8 Å². The van der Waals surface area contributed by atoms with Crippen LogP contribution in [0.2, 0.25) is 0 Å². The average Bonchev–Trinajstić information content (AvgIpc) is 2.60. The molecule has 0 aromatic heterocycles. The van der Waals surface area contributed by atoms with Gasteiger partial charge < -0.3 is 24.8 Å². The minimum absolute atomic E-state index is 0.138. The van der Waals surface area contributed by atoms with Gasteiger partial charge >= 0.3 is 0 Å². The first kappa shape index (κ1) is 19.1. The van der Waals surface area contributed by atoms with Crippen LogP contribution in [0.15, 0.2) is 40.9 Å². The summed E-state index contributed by atoms with van der Waals surface area (Å²) in [5.74, 6) is 1.86. The van der Waals surface area contributed by atoms with Gasteiger partial charge in [0, 0.05) is 22.8 Å². The number of ether oxygens (including phenoxy) is 3. The molecule has 7 heteroatoms. The van der Waals surface area contributed by atoms with Crippen LogP contribution in [-0.2, 0) is 11.3 Å². The van der Waals surface area contributed by atoms with Crippen molar-refractivity contribution in [2.75, 3.05) is 33.2 Å². The summed E-state index contributed by atoms with van der Waals surface area (Å²) in [4.78, 5) is 12.1. The number of anilines is 1. The number of nitrogens with one attached hydrogen (secondary N) is 2. The zero-order valence-corrected chi connectivity index (χ0v) is 16.0. The summed E-state index contributed by atoms with van der Waals surface area (Å²) in [6.07, 6.45) is 0. The number of halogens is 1. The van der Waals surface area contributed by atoms with Gasteiger partial charge in [0.2, 0.25) is 5.91 Å². The van der Waals surface area contributed by atoms with Crippen molar-refractivity contribution < 1.29 is 19.0 Å². The van der Waals surface area contributed by atoms with Gasteiger partial charge in [-0.15, -0.1) is 0 Å². The molecule has 0 radical (unpaired) electrons. The van der Waals surface area contributed by atoms with Crippen LogP contribution in [0, 0.1) is 0 Å². The molecule has 0 atom stereocenters. The summed E-state index contributed by atoms with van der Waals surface area (Å²) in [5, 5.41) is 5.93. The highest BCUT2D eigenvalue weighted by atomic mass is 79.9. The van der Waals surface area contributed by atoms with Gasteiger partial charge in [0.25, 0.3) is 0 Å². The van der Waals surface area contributed by atoms with E-state index >= 15 is 0 Å². The smallest absolute Gasteiger partial charge is 0.238 e. The predicted octanol–water partition coefficient (Wildman–Crippen LogP) is 3.20. The lowest BCUT2D eigenvalue weighted by Crippen LogP contribution is -2.27. The Balaban J connectivity index is 1.87. The predicted molar refractivity (Wildman–Crippen MR) is 101 cm³/mol. The lowest BCUT2D eigenvalue weighted by atomic mass is 10.2. The van der Waals surface area contributed by atoms with Crippen molar-refractivity contribution in [2.45, 2.75) is 6.54 Å². The van der Waals surface area contributed by atoms with Gasteiger partial charge in [0.05, 0.1) is 27.9 Å². The van der Waals surface area contributed by atoms with E-state index in [9.17, 15) is 4.79 Å². The summed E-state index contributed by atoms with van der Waals surface area (Å²) in [6.45, 7) is 0.721. The van der Waals surface area contributed by atoms with E-state index in [1.54, 1.807) is 27.4 Å². The SMILES string of the molecule is COc1cc(Br)cc(NC(=O)CNCc2ccc(OC)c(OC)c2)c1. The molecule has 0 heterocycles. The van der Waals surface area contributed by atoms with E-state index in [1.165, 1.54) is 0 Å². The molecule has 1 amide bonds. The largest absolute Gasteiger partial charge is 0.497 e. The third-order valence-electron chi connectivity index (χ3n) is 3.45. The van der Waals surface area contributed by atoms with Crippen molar-refractivity contribution >= 4 is 27.5 Å². The van der Waals surface area contributed by atoms with E-state index in [-0.39, 0.29) is 12.5 Å². The van der Waals surface area contributed by atoms with Crippen LogP contribution in [0.5, 0.6) is 17.2 Å². The average molecular weight is 409 g/mol. The van der Waals surface area contributed by atoms with Crippen LogP contribution in [0.4, 0.5) is 5.69 Å². The van der Waals surface area contributed by atoms with Crippen LogP contribution in [0.1, 0.15) is 5.56 Å². The van der Waals surface area contributed by atoms with Gasteiger partial charge in [-0.3, -0.25) is 4.79 Å². The van der Waals surface area contributed by atoms with Crippen LogP contribution in [0.3, 0.4) is 0 Å². The van der Waals surface area contributed by atoms with Crippen LogP contribution >= 0.6 is 15.9 Å². The fraction of sp³-hybridized carbons (Fsp3) is 0.278. The van der Waals surface area contributed by atoms with Crippen LogP contribution in [0.25, 0.3) is 0 Å². The molecule has 2 N–H and O–H groups in total. The van der Waals surface area contributed by atoms with Crippen molar-refractivity contribution in [3.8, 4) is 17.2 Å². The second-order valence-corrected chi connectivity index (χ2v) is 6.14. The molecule has 2 aromatic rings. The Hall–Kier alpha value is -2.25. The first-order valence-electron chi connectivity index (χ1n) is 7.61. The Labute approximate surface area is 155 Å². The topological polar surface area (TPSA) is 68.8 Å². The highest BCUT2D eigenvalue weighted by Crippen LogP contribution is 2.27. The zero-order valence-electron chi connectivity index (χ0n) is 14.4. The quantitative estimate of drug-likeness (QED) is 0.701. The molecular formula is C18H21BrN2O4. The van der Waals surface area contributed by atoms with Crippen molar-refractivity contribution in [1.82, 2.24) is 5.32 Å². The monoisotopic (exact) mass is 408 g/mol. The molecule has 0 aliphatic carbocycles. The molecule has 0 fully saturated rings. The Morgan fingerprint density at radius 3 is 2.44 bits per heavy atom. The van der Waals surface area contributed by atoms with E-state index in [0.29, 0.717) is 29.5 Å². The number of carbonyl (C=O) groups excluding carboxylic acids is 1. The first-order valence-corrected chi connectivity index (χ1v) is 8.41. The summed E-state index contributed by atoms with van der Waals surface area (Å²) in [6, 6.07) is 11.0. The molecule has 0 unspecified atom stereocenters. The van der Waals surface area contributed by atoms with Crippen LogP contribution in [-0.4, -0.2) is 33.8 Å². The van der Waals surface area contributed by atoms with E-state index in [0.717, 1.165) is 10.0 Å². The summed E-state index contributed by atoms with van der Waals surface area (Å²) < 4.78 is 16.5. The normalized spacial score (nSPS) is 10.2. The lowest BCUT2D eigenvalue weighted by Gasteiger charge is -2.11. The molecule has 0 bridgehead atoms. The third-order valence-corrected chi connectivity index (χ3v) is 3.91. The fourth-order valence-corrected chi connectivity index (χ4v) is 2.74. The van der Waals surface area contributed by atoms with Gasteiger partial charge in [-0.1, -0.05) is 22.0 Å². The molecule has 2 rings (SSSR count). The minimum Gasteiger partial charge on any atom is -0.497 e.